The summed E-state index contributed by atoms with van der Waals surface area (Å²) in [6.45, 7) is 0.811. The highest BCUT2D eigenvalue weighted by Crippen LogP contribution is 2.44. The van der Waals surface area contributed by atoms with E-state index in [2.05, 4.69) is 10.4 Å². The molecule has 0 aliphatic carbocycles. The van der Waals surface area contributed by atoms with Crippen molar-refractivity contribution in [3.05, 3.63) is 23.9 Å². The number of pyridine rings is 1. The lowest BCUT2D eigenvalue weighted by Gasteiger charge is -2.40. The minimum absolute atomic E-state index is 0.0537. The van der Waals surface area contributed by atoms with Crippen molar-refractivity contribution >= 4 is 11.8 Å². The van der Waals surface area contributed by atoms with Crippen LogP contribution in [0.1, 0.15) is 30.9 Å². The van der Waals surface area contributed by atoms with E-state index in [1.165, 1.54) is 5.75 Å². The van der Waals surface area contributed by atoms with Crippen molar-refractivity contribution < 1.29 is 9.47 Å². The van der Waals surface area contributed by atoms with Crippen LogP contribution in [-0.2, 0) is 4.74 Å². The molecule has 3 atom stereocenters. The molecule has 116 valence electrons. The second kappa shape index (κ2) is 6.52. The summed E-state index contributed by atoms with van der Waals surface area (Å²) >= 11 is 1.99. The lowest BCUT2D eigenvalue weighted by molar-refractivity contribution is -0.0855. The zero-order valence-corrected chi connectivity index (χ0v) is 13.2. The van der Waals surface area contributed by atoms with E-state index in [-0.39, 0.29) is 11.6 Å². The number of nitrogens with zero attached hydrogens (tertiary/aromatic N) is 1. The molecule has 2 saturated heterocycles. The Labute approximate surface area is 129 Å². The van der Waals surface area contributed by atoms with Crippen molar-refractivity contribution in [1.82, 2.24) is 10.4 Å². The Hall–Kier alpha value is -0.820. The summed E-state index contributed by atoms with van der Waals surface area (Å²) in [6.07, 6.45) is 4.96. The van der Waals surface area contributed by atoms with E-state index >= 15 is 0 Å². The molecule has 2 fully saturated rings. The van der Waals surface area contributed by atoms with Crippen LogP contribution in [0.25, 0.3) is 0 Å². The summed E-state index contributed by atoms with van der Waals surface area (Å²) in [5.41, 5.74) is 4.08. The number of hydrazine groups is 1. The van der Waals surface area contributed by atoms with Crippen molar-refractivity contribution in [2.45, 2.75) is 30.9 Å². The quantitative estimate of drug-likeness (QED) is 0.654. The zero-order valence-electron chi connectivity index (χ0n) is 12.4. The maximum absolute atomic E-state index is 6.11. The van der Waals surface area contributed by atoms with Gasteiger partial charge in [0.2, 0.25) is 5.88 Å². The van der Waals surface area contributed by atoms with Crippen LogP contribution in [0.5, 0.6) is 5.88 Å². The summed E-state index contributed by atoms with van der Waals surface area (Å²) < 4.78 is 11.5. The zero-order chi connectivity index (χ0) is 14.7. The van der Waals surface area contributed by atoms with Gasteiger partial charge in [-0.2, -0.15) is 11.8 Å². The summed E-state index contributed by atoms with van der Waals surface area (Å²) in [5, 5.41) is 0. The molecule has 5 nitrogen and oxygen atoms in total. The smallest absolute Gasteiger partial charge is 0.217 e. The molecular formula is C15H23N3O2S. The average molecular weight is 309 g/mol. The monoisotopic (exact) mass is 309 g/mol. The Bertz CT molecular complexity index is 480. The first kappa shape index (κ1) is 15.1. The van der Waals surface area contributed by atoms with Gasteiger partial charge in [-0.05, 0) is 37.0 Å². The normalized spacial score (nSPS) is 30.5. The SMILES string of the molecule is COc1ncccc1C(NN)C1CCOC2(CCSC2)C1. The number of nitrogens with one attached hydrogen (secondary N) is 1. The van der Waals surface area contributed by atoms with Crippen molar-refractivity contribution in [1.29, 1.82) is 0 Å². The van der Waals surface area contributed by atoms with Crippen molar-refractivity contribution in [2.75, 3.05) is 25.2 Å². The number of nitrogens with two attached hydrogens (primary N) is 1. The van der Waals surface area contributed by atoms with Gasteiger partial charge in [-0.15, -0.1) is 0 Å². The minimum Gasteiger partial charge on any atom is -0.481 e. The maximum Gasteiger partial charge on any atom is 0.217 e. The molecule has 2 aliphatic rings. The fraction of sp³-hybridized carbons (Fsp3) is 0.667. The fourth-order valence-corrected chi connectivity index (χ4v) is 4.88. The van der Waals surface area contributed by atoms with E-state index in [4.69, 9.17) is 15.3 Å². The Kier molecular flexibility index (Phi) is 4.69. The van der Waals surface area contributed by atoms with Crippen LogP contribution in [0.2, 0.25) is 0 Å². The molecule has 1 aromatic rings. The van der Waals surface area contributed by atoms with Gasteiger partial charge in [0, 0.05) is 24.1 Å². The number of thioether (sulfide) groups is 1. The van der Waals surface area contributed by atoms with Crippen molar-refractivity contribution in [2.24, 2.45) is 11.8 Å². The first-order chi connectivity index (χ1) is 10.3. The molecule has 3 heterocycles. The van der Waals surface area contributed by atoms with E-state index in [0.717, 1.165) is 37.2 Å². The highest BCUT2D eigenvalue weighted by atomic mass is 32.2. The van der Waals surface area contributed by atoms with Crippen LogP contribution in [-0.4, -0.2) is 35.8 Å². The van der Waals surface area contributed by atoms with E-state index < -0.39 is 0 Å². The van der Waals surface area contributed by atoms with Crippen molar-refractivity contribution in [3.63, 3.8) is 0 Å². The second-order valence-electron chi connectivity index (χ2n) is 5.83. The summed E-state index contributed by atoms with van der Waals surface area (Å²) in [5.74, 6) is 9.27. The van der Waals surface area contributed by atoms with E-state index in [1.54, 1.807) is 13.3 Å². The molecule has 0 bridgehead atoms. The maximum atomic E-state index is 6.11. The van der Waals surface area contributed by atoms with E-state index in [1.807, 2.05) is 23.9 Å². The van der Waals surface area contributed by atoms with Crippen LogP contribution in [0.3, 0.4) is 0 Å². The van der Waals surface area contributed by atoms with Gasteiger partial charge >= 0.3 is 0 Å². The molecule has 3 unspecified atom stereocenters. The summed E-state index contributed by atoms with van der Waals surface area (Å²) in [6, 6.07) is 4.03. The number of ether oxygens (including phenoxy) is 2. The standard InChI is InChI=1S/C15H23N3O2S/c1-19-14-12(3-2-6-17-14)13(18-16)11-4-7-20-15(9-11)5-8-21-10-15/h2-3,6,11,13,18H,4-5,7-10,16H2,1H3. The first-order valence-electron chi connectivity index (χ1n) is 7.45. The van der Waals surface area contributed by atoms with Crippen LogP contribution in [0, 0.1) is 5.92 Å². The molecule has 21 heavy (non-hydrogen) atoms. The molecule has 3 N–H and O–H groups in total. The number of hydrogen-bond acceptors (Lipinski definition) is 6. The Balaban J connectivity index is 1.82. The molecule has 1 spiro atoms. The molecule has 0 saturated carbocycles. The second-order valence-corrected chi connectivity index (χ2v) is 6.94. The molecule has 2 aliphatic heterocycles. The predicted octanol–water partition coefficient (Wildman–Crippen LogP) is 1.90. The number of methoxy groups -OCH3 is 1. The molecule has 0 amide bonds. The topological polar surface area (TPSA) is 69.4 Å². The number of aromatic nitrogens is 1. The Morgan fingerprint density at radius 1 is 1.62 bits per heavy atom. The largest absolute Gasteiger partial charge is 0.481 e. The number of rotatable bonds is 4. The van der Waals surface area contributed by atoms with Gasteiger partial charge in [0.05, 0.1) is 18.8 Å². The Morgan fingerprint density at radius 3 is 3.24 bits per heavy atom. The third-order valence-electron chi connectivity index (χ3n) is 4.58. The highest BCUT2D eigenvalue weighted by Gasteiger charge is 2.43. The van der Waals surface area contributed by atoms with E-state index in [0.29, 0.717) is 11.8 Å². The predicted molar refractivity (Wildman–Crippen MR) is 84.2 cm³/mol. The van der Waals surface area contributed by atoms with Crippen LogP contribution >= 0.6 is 11.8 Å². The average Bonchev–Trinajstić information content (AvgIpc) is 2.96. The Morgan fingerprint density at radius 2 is 2.52 bits per heavy atom. The molecule has 1 aromatic heterocycles. The lowest BCUT2D eigenvalue weighted by Crippen LogP contribution is -2.45. The van der Waals surface area contributed by atoms with Crippen LogP contribution in [0.4, 0.5) is 0 Å². The van der Waals surface area contributed by atoms with Crippen molar-refractivity contribution in [3.8, 4) is 5.88 Å². The van der Waals surface area contributed by atoms with Gasteiger partial charge in [0.15, 0.2) is 0 Å². The highest BCUT2D eigenvalue weighted by molar-refractivity contribution is 7.99. The molecular weight excluding hydrogens is 286 g/mol. The number of hydrogen-bond donors (Lipinski definition) is 2. The third kappa shape index (κ3) is 3.04. The lowest BCUT2D eigenvalue weighted by atomic mass is 9.79. The van der Waals surface area contributed by atoms with Gasteiger partial charge in [0.25, 0.3) is 0 Å². The van der Waals surface area contributed by atoms with Gasteiger partial charge in [-0.3, -0.25) is 11.3 Å². The van der Waals surface area contributed by atoms with Crippen LogP contribution in [0.15, 0.2) is 18.3 Å². The van der Waals surface area contributed by atoms with Crippen LogP contribution < -0.4 is 16.0 Å². The van der Waals surface area contributed by atoms with Gasteiger partial charge in [0.1, 0.15) is 0 Å². The van der Waals surface area contributed by atoms with Gasteiger partial charge in [-0.25, -0.2) is 4.98 Å². The van der Waals surface area contributed by atoms with Gasteiger partial charge in [-0.1, -0.05) is 6.07 Å². The third-order valence-corrected chi connectivity index (χ3v) is 5.80. The fourth-order valence-electron chi connectivity index (χ4n) is 3.50. The first-order valence-corrected chi connectivity index (χ1v) is 8.60. The van der Waals surface area contributed by atoms with Gasteiger partial charge < -0.3 is 9.47 Å². The minimum atomic E-state index is 0.0537. The summed E-state index contributed by atoms with van der Waals surface area (Å²) in [7, 11) is 1.65. The molecule has 0 aromatic carbocycles. The van der Waals surface area contributed by atoms with E-state index in [9.17, 15) is 0 Å². The summed E-state index contributed by atoms with van der Waals surface area (Å²) in [4.78, 5) is 4.30. The molecule has 3 rings (SSSR count). The molecule has 6 heteroatoms. The molecule has 0 radical (unpaired) electrons.